The zero-order valence-electron chi connectivity index (χ0n) is 18.3. The molecule has 3 aromatic carbocycles. The molecular formula is C25H23N3O4S. The molecule has 0 atom stereocenters. The molecule has 0 unspecified atom stereocenters. The minimum atomic E-state index is -3.98. The summed E-state index contributed by atoms with van der Waals surface area (Å²) in [6, 6.07) is 24.6. The van der Waals surface area contributed by atoms with Gasteiger partial charge in [0, 0.05) is 12.3 Å². The highest BCUT2D eigenvalue weighted by atomic mass is 32.2. The van der Waals surface area contributed by atoms with Gasteiger partial charge in [-0.2, -0.15) is 13.5 Å². The van der Waals surface area contributed by atoms with E-state index >= 15 is 0 Å². The van der Waals surface area contributed by atoms with Crippen LogP contribution in [0.25, 0.3) is 5.69 Å². The Morgan fingerprint density at radius 2 is 1.64 bits per heavy atom. The first kappa shape index (κ1) is 22.3. The summed E-state index contributed by atoms with van der Waals surface area (Å²) in [5.41, 5.74) is 2.47. The zero-order valence-corrected chi connectivity index (χ0v) is 19.1. The Balaban J connectivity index is 1.62. The lowest BCUT2D eigenvalue weighted by molar-refractivity contribution is 0.327. The number of nitrogens with zero attached hydrogens (tertiary/aromatic N) is 3. The Morgan fingerprint density at radius 3 is 2.33 bits per heavy atom. The summed E-state index contributed by atoms with van der Waals surface area (Å²) in [5.74, 6) is 1.10. The Kier molecular flexibility index (Phi) is 6.55. The van der Waals surface area contributed by atoms with Crippen LogP contribution in [0.1, 0.15) is 18.2 Å². The summed E-state index contributed by atoms with van der Waals surface area (Å²) >= 11 is 0. The van der Waals surface area contributed by atoms with Gasteiger partial charge in [-0.15, -0.1) is 0 Å². The Labute approximate surface area is 193 Å². The van der Waals surface area contributed by atoms with Crippen molar-refractivity contribution in [3.8, 4) is 17.2 Å². The monoisotopic (exact) mass is 461 g/mol. The third kappa shape index (κ3) is 5.30. The maximum absolute atomic E-state index is 12.6. The molecule has 7 nitrogen and oxygen atoms in total. The van der Waals surface area contributed by atoms with E-state index in [1.807, 2.05) is 50.2 Å². The first-order chi connectivity index (χ1) is 16.0. The van der Waals surface area contributed by atoms with Crippen molar-refractivity contribution in [2.75, 3.05) is 6.61 Å². The second kappa shape index (κ2) is 9.70. The van der Waals surface area contributed by atoms with Gasteiger partial charge in [-0.25, -0.2) is 9.67 Å². The van der Waals surface area contributed by atoms with Crippen LogP contribution in [-0.2, 0) is 10.1 Å². The van der Waals surface area contributed by atoms with Gasteiger partial charge in [0.2, 0.25) is 0 Å². The van der Waals surface area contributed by atoms with Crippen LogP contribution in [0.15, 0.2) is 94.8 Å². The maximum atomic E-state index is 12.6. The third-order valence-electron chi connectivity index (χ3n) is 4.66. The molecular weight excluding hydrogens is 438 g/mol. The highest BCUT2D eigenvalue weighted by Gasteiger charge is 2.19. The van der Waals surface area contributed by atoms with Crippen molar-refractivity contribution >= 4 is 22.2 Å². The molecule has 0 aliphatic heterocycles. The fraction of sp³-hybridized carbons (Fsp3) is 0.120. The van der Waals surface area contributed by atoms with Gasteiger partial charge < -0.3 is 8.92 Å². The lowest BCUT2D eigenvalue weighted by atomic mass is 10.2. The Hall–Kier alpha value is -3.91. The number of ether oxygens (including phenoxy) is 1. The van der Waals surface area contributed by atoms with Crippen LogP contribution in [0.3, 0.4) is 0 Å². The number of para-hydroxylation sites is 1. The summed E-state index contributed by atoms with van der Waals surface area (Å²) in [6.07, 6.45) is 1.67. The predicted molar refractivity (Wildman–Crippen MR) is 127 cm³/mol. The van der Waals surface area contributed by atoms with Gasteiger partial charge in [0.25, 0.3) is 0 Å². The van der Waals surface area contributed by atoms with Crippen LogP contribution in [0, 0.1) is 6.92 Å². The fourth-order valence-corrected chi connectivity index (χ4v) is 4.13. The second-order valence-electron chi connectivity index (χ2n) is 7.14. The highest BCUT2D eigenvalue weighted by Crippen LogP contribution is 2.31. The number of aliphatic imine (C=N–C) groups is 1. The van der Waals surface area contributed by atoms with E-state index in [4.69, 9.17) is 8.92 Å². The summed E-state index contributed by atoms with van der Waals surface area (Å²) in [5, 5.41) is 4.51. The van der Waals surface area contributed by atoms with Crippen molar-refractivity contribution in [1.29, 1.82) is 0 Å². The lowest BCUT2D eigenvalue weighted by Gasteiger charge is -2.12. The molecule has 0 aliphatic rings. The van der Waals surface area contributed by atoms with Crippen molar-refractivity contribution in [2.45, 2.75) is 18.7 Å². The molecule has 0 amide bonds. The molecule has 0 saturated heterocycles. The normalized spacial score (nSPS) is 11.6. The number of benzene rings is 3. The second-order valence-corrected chi connectivity index (χ2v) is 8.69. The van der Waals surface area contributed by atoms with Crippen LogP contribution >= 0.6 is 0 Å². The predicted octanol–water partition coefficient (Wildman–Crippen LogP) is 5.10. The first-order valence-corrected chi connectivity index (χ1v) is 11.8. The molecule has 1 heterocycles. The van der Waals surface area contributed by atoms with E-state index in [0.717, 1.165) is 16.9 Å². The summed E-state index contributed by atoms with van der Waals surface area (Å²) in [6.45, 7) is 4.07. The average molecular weight is 462 g/mol. The van der Waals surface area contributed by atoms with E-state index in [9.17, 15) is 8.42 Å². The van der Waals surface area contributed by atoms with Crippen LogP contribution < -0.4 is 8.92 Å². The van der Waals surface area contributed by atoms with E-state index in [0.29, 0.717) is 18.2 Å². The van der Waals surface area contributed by atoms with E-state index in [1.165, 1.54) is 12.1 Å². The van der Waals surface area contributed by atoms with Gasteiger partial charge in [-0.1, -0.05) is 36.4 Å². The fourth-order valence-electron chi connectivity index (χ4n) is 3.17. The van der Waals surface area contributed by atoms with Gasteiger partial charge in [0.05, 0.1) is 18.0 Å². The number of aromatic nitrogens is 2. The van der Waals surface area contributed by atoms with Crippen molar-refractivity contribution in [2.24, 2.45) is 4.99 Å². The van der Waals surface area contributed by atoms with E-state index in [-0.39, 0.29) is 10.6 Å². The number of hydrogen-bond donors (Lipinski definition) is 0. The molecule has 1 aromatic heterocycles. The lowest BCUT2D eigenvalue weighted by Crippen LogP contribution is -2.10. The summed E-state index contributed by atoms with van der Waals surface area (Å²) < 4.78 is 38.0. The molecule has 0 bridgehead atoms. The van der Waals surface area contributed by atoms with Gasteiger partial charge >= 0.3 is 10.1 Å². The maximum Gasteiger partial charge on any atom is 0.339 e. The summed E-state index contributed by atoms with van der Waals surface area (Å²) in [4.78, 5) is 4.66. The molecule has 4 aromatic rings. The topological polar surface area (TPSA) is 82.8 Å². The van der Waals surface area contributed by atoms with Crippen LogP contribution in [-0.4, -0.2) is 31.0 Å². The molecule has 0 aliphatic carbocycles. The minimum absolute atomic E-state index is 0.0719. The largest absolute Gasteiger partial charge is 0.490 e. The first-order valence-electron chi connectivity index (χ1n) is 10.4. The Bertz CT molecular complexity index is 1370. The molecule has 33 heavy (non-hydrogen) atoms. The molecule has 4 rings (SSSR count). The van der Waals surface area contributed by atoms with E-state index in [1.54, 1.807) is 47.3 Å². The van der Waals surface area contributed by atoms with Crippen LogP contribution in [0.2, 0.25) is 0 Å². The molecule has 0 spiro atoms. The molecule has 0 radical (unpaired) electrons. The van der Waals surface area contributed by atoms with E-state index < -0.39 is 10.1 Å². The standard InChI is InChI=1S/C25H23N3O4S/c1-3-31-24-17-20(14-15-23(24)32-33(29,30)22-12-8-5-9-13-22)18-26-25-16-19(2)27-28(25)21-10-6-4-7-11-21/h4-18H,3H2,1-2H3. The van der Waals surface area contributed by atoms with Gasteiger partial charge in [-0.3, -0.25) is 0 Å². The molecule has 0 fully saturated rings. The highest BCUT2D eigenvalue weighted by molar-refractivity contribution is 7.87. The van der Waals surface area contributed by atoms with Crippen LogP contribution in [0.5, 0.6) is 11.5 Å². The SMILES string of the molecule is CCOc1cc(C=Nc2cc(C)nn2-c2ccccc2)ccc1OS(=O)(=O)c1ccccc1. The molecule has 0 saturated carbocycles. The quantitative estimate of drug-likeness (QED) is 0.269. The average Bonchev–Trinajstić information content (AvgIpc) is 3.21. The molecule has 168 valence electrons. The van der Waals surface area contributed by atoms with Crippen LogP contribution in [0.4, 0.5) is 5.82 Å². The van der Waals surface area contributed by atoms with Crippen molar-refractivity contribution in [3.63, 3.8) is 0 Å². The van der Waals surface area contributed by atoms with Gasteiger partial charge in [-0.05, 0) is 61.9 Å². The van der Waals surface area contributed by atoms with Gasteiger partial charge in [0.1, 0.15) is 4.90 Å². The number of aryl methyl sites for hydroxylation is 1. The van der Waals surface area contributed by atoms with Crippen molar-refractivity contribution in [1.82, 2.24) is 9.78 Å². The van der Waals surface area contributed by atoms with Gasteiger partial charge in [0.15, 0.2) is 17.3 Å². The Morgan fingerprint density at radius 1 is 0.939 bits per heavy atom. The van der Waals surface area contributed by atoms with Crippen molar-refractivity contribution in [3.05, 3.63) is 96.2 Å². The van der Waals surface area contributed by atoms with Crippen molar-refractivity contribution < 1.29 is 17.3 Å². The smallest absolute Gasteiger partial charge is 0.339 e. The molecule has 0 N–H and O–H groups in total. The zero-order chi connectivity index (χ0) is 23.3. The minimum Gasteiger partial charge on any atom is -0.490 e. The number of rotatable bonds is 8. The van der Waals surface area contributed by atoms with E-state index in [2.05, 4.69) is 10.1 Å². The summed E-state index contributed by atoms with van der Waals surface area (Å²) in [7, 11) is -3.98. The third-order valence-corrected chi connectivity index (χ3v) is 5.91. The molecule has 8 heteroatoms. The number of hydrogen-bond acceptors (Lipinski definition) is 6.